The number of rotatable bonds is 6. The van der Waals surface area contributed by atoms with E-state index in [0.717, 1.165) is 28.7 Å². The molecule has 0 radical (unpaired) electrons. The van der Waals surface area contributed by atoms with Crippen LogP contribution in [0.4, 0.5) is 5.69 Å². The van der Waals surface area contributed by atoms with Crippen LogP contribution >= 0.6 is 0 Å². The number of benzene rings is 1. The molecule has 5 rings (SSSR count). The minimum Gasteiger partial charge on any atom is -0.321 e. The largest absolute Gasteiger partial charge is 0.321 e. The van der Waals surface area contributed by atoms with Gasteiger partial charge in [0.15, 0.2) is 9.84 Å². The molecule has 0 fully saturated rings. The van der Waals surface area contributed by atoms with Crippen molar-refractivity contribution in [1.29, 1.82) is 0 Å². The van der Waals surface area contributed by atoms with Crippen molar-refractivity contribution in [3.63, 3.8) is 0 Å². The van der Waals surface area contributed by atoms with E-state index in [0.29, 0.717) is 16.9 Å². The number of hydrogen-bond acceptors (Lipinski definition) is 6. The molecule has 0 spiro atoms. The Labute approximate surface area is 208 Å². The van der Waals surface area contributed by atoms with E-state index in [4.69, 9.17) is 4.98 Å². The van der Waals surface area contributed by atoms with E-state index in [9.17, 15) is 13.2 Å². The van der Waals surface area contributed by atoms with Gasteiger partial charge in [0, 0.05) is 54.4 Å². The lowest BCUT2D eigenvalue weighted by Crippen LogP contribution is -2.17. The molecular formula is C27H23N5O3S. The molecule has 180 valence electrons. The van der Waals surface area contributed by atoms with Crippen molar-refractivity contribution in [2.75, 3.05) is 11.6 Å². The van der Waals surface area contributed by atoms with E-state index < -0.39 is 15.7 Å². The van der Waals surface area contributed by atoms with Crippen LogP contribution in [0, 0.1) is 6.92 Å². The second-order valence-electron chi connectivity index (χ2n) is 8.53. The molecule has 0 aliphatic carbocycles. The molecule has 0 unspecified atom stereocenters. The van der Waals surface area contributed by atoms with Crippen LogP contribution in [0.15, 0.2) is 90.3 Å². The molecule has 0 atom stereocenters. The van der Waals surface area contributed by atoms with Crippen LogP contribution in [-0.4, -0.2) is 39.9 Å². The Hall–Kier alpha value is -4.37. The second kappa shape index (κ2) is 9.35. The zero-order valence-corrected chi connectivity index (χ0v) is 20.5. The van der Waals surface area contributed by atoms with Gasteiger partial charge in [-0.2, -0.15) is 0 Å². The van der Waals surface area contributed by atoms with Crippen LogP contribution in [-0.2, 0) is 16.3 Å². The van der Waals surface area contributed by atoms with Crippen LogP contribution in [0.25, 0.3) is 16.9 Å². The smallest absolute Gasteiger partial charge is 0.274 e. The average molecular weight is 498 g/mol. The predicted molar refractivity (Wildman–Crippen MR) is 138 cm³/mol. The van der Waals surface area contributed by atoms with Crippen LogP contribution in [0.1, 0.15) is 27.3 Å². The van der Waals surface area contributed by atoms with Crippen LogP contribution in [0.2, 0.25) is 0 Å². The summed E-state index contributed by atoms with van der Waals surface area (Å²) in [6, 6.07) is 18.3. The Bertz CT molecular complexity index is 1680. The summed E-state index contributed by atoms with van der Waals surface area (Å²) >= 11 is 0. The van der Waals surface area contributed by atoms with Gasteiger partial charge in [-0.15, -0.1) is 0 Å². The van der Waals surface area contributed by atoms with E-state index in [1.807, 2.05) is 60.1 Å². The van der Waals surface area contributed by atoms with E-state index in [1.54, 1.807) is 24.4 Å². The monoisotopic (exact) mass is 497 g/mol. The molecule has 1 amide bonds. The molecule has 0 saturated carbocycles. The maximum absolute atomic E-state index is 13.1. The number of aromatic nitrogens is 4. The number of pyridine rings is 3. The van der Waals surface area contributed by atoms with E-state index >= 15 is 0 Å². The van der Waals surface area contributed by atoms with Gasteiger partial charge in [-0.05, 0) is 54.4 Å². The number of carbonyl (C=O) groups excluding carboxylic acids is 1. The molecule has 0 aliphatic heterocycles. The number of amides is 1. The fourth-order valence-electron chi connectivity index (χ4n) is 3.94. The second-order valence-corrected chi connectivity index (χ2v) is 10.5. The first kappa shape index (κ1) is 23.4. The number of aryl methyl sites for hydroxylation is 1. The Morgan fingerprint density at radius 3 is 2.53 bits per heavy atom. The Kier molecular flexibility index (Phi) is 6.07. The van der Waals surface area contributed by atoms with Gasteiger partial charge in [-0.1, -0.05) is 24.3 Å². The highest BCUT2D eigenvalue weighted by Crippen LogP contribution is 2.23. The zero-order chi connectivity index (χ0) is 25.3. The van der Waals surface area contributed by atoms with Gasteiger partial charge in [-0.3, -0.25) is 9.78 Å². The number of anilines is 1. The van der Waals surface area contributed by atoms with Crippen molar-refractivity contribution in [3.8, 4) is 11.3 Å². The maximum atomic E-state index is 13.1. The third-order valence-corrected chi connectivity index (χ3v) is 6.88. The summed E-state index contributed by atoms with van der Waals surface area (Å²) in [6.07, 6.45) is 8.16. The molecule has 9 heteroatoms. The standard InChI is InChI=1S/C27H23N5O3S/c1-18-6-5-13-32-17-24(31-26(18)32)19-8-10-21(11-9-19)30-27(33)25-20(14-22-7-3-4-12-28-22)15-23(16-29-25)36(2,34)35/h3-13,15-17H,14H2,1-2H3,(H,30,33). The molecule has 0 saturated heterocycles. The number of imidazole rings is 1. The number of carbonyl (C=O) groups is 1. The van der Waals surface area contributed by atoms with Gasteiger partial charge < -0.3 is 9.72 Å². The van der Waals surface area contributed by atoms with E-state index in [1.165, 1.54) is 12.3 Å². The molecular weight excluding hydrogens is 474 g/mol. The lowest BCUT2D eigenvalue weighted by atomic mass is 10.1. The summed E-state index contributed by atoms with van der Waals surface area (Å²) in [5, 5.41) is 2.86. The number of nitrogens with one attached hydrogen (secondary N) is 1. The van der Waals surface area contributed by atoms with Crippen molar-refractivity contribution in [2.24, 2.45) is 0 Å². The molecule has 36 heavy (non-hydrogen) atoms. The summed E-state index contributed by atoms with van der Waals surface area (Å²) in [7, 11) is -3.48. The van der Waals surface area contributed by atoms with Crippen molar-refractivity contribution >= 4 is 27.1 Å². The zero-order valence-electron chi connectivity index (χ0n) is 19.7. The Morgan fingerprint density at radius 2 is 1.83 bits per heavy atom. The van der Waals surface area contributed by atoms with Gasteiger partial charge in [0.25, 0.3) is 5.91 Å². The van der Waals surface area contributed by atoms with Crippen molar-refractivity contribution in [2.45, 2.75) is 18.2 Å². The third kappa shape index (κ3) is 4.87. The topological polar surface area (TPSA) is 106 Å². The van der Waals surface area contributed by atoms with Gasteiger partial charge in [-0.25, -0.2) is 18.4 Å². The normalized spacial score (nSPS) is 11.5. The summed E-state index contributed by atoms with van der Waals surface area (Å²) < 4.78 is 26.1. The Morgan fingerprint density at radius 1 is 1.03 bits per heavy atom. The van der Waals surface area contributed by atoms with Gasteiger partial charge >= 0.3 is 0 Å². The van der Waals surface area contributed by atoms with Gasteiger partial charge in [0.2, 0.25) is 0 Å². The Balaban J connectivity index is 1.41. The fraction of sp³-hybridized carbons (Fsp3) is 0.111. The summed E-state index contributed by atoms with van der Waals surface area (Å²) in [5.41, 5.74) is 5.64. The number of nitrogens with zero attached hydrogens (tertiary/aromatic N) is 4. The van der Waals surface area contributed by atoms with Gasteiger partial charge in [0.1, 0.15) is 11.3 Å². The lowest BCUT2D eigenvalue weighted by Gasteiger charge is -2.11. The van der Waals surface area contributed by atoms with Crippen LogP contribution in [0.3, 0.4) is 0 Å². The quantitative estimate of drug-likeness (QED) is 0.374. The first-order chi connectivity index (χ1) is 17.3. The molecule has 1 N–H and O–H groups in total. The summed E-state index contributed by atoms with van der Waals surface area (Å²) in [6.45, 7) is 2.02. The van der Waals surface area contributed by atoms with Crippen molar-refractivity contribution < 1.29 is 13.2 Å². The third-order valence-electron chi connectivity index (χ3n) is 5.80. The average Bonchev–Trinajstić information content (AvgIpc) is 3.30. The molecule has 4 aromatic heterocycles. The first-order valence-corrected chi connectivity index (χ1v) is 13.1. The molecule has 1 aromatic carbocycles. The summed E-state index contributed by atoms with van der Waals surface area (Å²) in [4.78, 5) is 26.4. The first-order valence-electron chi connectivity index (χ1n) is 11.2. The van der Waals surface area contributed by atoms with Gasteiger partial charge in [0.05, 0.1) is 10.6 Å². The molecule has 4 heterocycles. The molecule has 8 nitrogen and oxygen atoms in total. The SMILES string of the molecule is Cc1cccn2cc(-c3ccc(NC(=O)c4ncc(S(C)(=O)=O)cc4Cc4ccccn4)cc3)nc12. The highest BCUT2D eigenvalue weighted by Gasteiger charge is 2.18. The predicted octanol–water partition coefficient (Wildman–Crippen LogP) is 4.35. The van der Waals surface area contributed by atoms with E-state index in [-0.39, 0.29) is 17.0 Å². The number of sulfone groups is 1. The number of hydrogen-bond donors (Lipinski definition) is 1. The van der Waals surface area contributed by atoms with Crippen molar-refractivity contribution in [1.82, 2.24) is 19.4 Å². The fourth-order valence-corrected chi connectivity index (χ4v) is 4.54. The highest BCUT2D eigenvalue weighted by molar-refractivity contribution is 7.90. The van der Waals surface area contributed by atoms with Crippen LogP contribution in [0.5, 0.6) is 0 Å². The van der Waals surface area contributed by atoms with E-state index in [2.05, 4.69) is 15.3 Å². The molecule has 0 aliphatic rings. The van der Waals surface area contributed by atoms with Crippen LogP contribution < -0.4 is 5.32 Å². The molecule has 5 aromatic rings. The minimum atomic E-state index is -3.48. The number of fused-ring (bicyclic) bond motifs is 1. The maximum Gasteiger partial charge on any atom is 0.274 e. The lowest BCUT2D eigenvalue weighted by molar-refractivity contribution is 0.102. The molecule has 0 bridgehead atoms. The van der Waals surface area contributed by atoms with Crippen molar-refractivity contribution in [3.05, 3.63) is 108 Å². The minimum absolute atomic E-state index is 0.0528. The summed E-state index contributed by atoms with van der Waals surface area (Å²) in [5.74, 6) is -0.433. The highest BCUT2D eigenvalue weighted by atomic mass is 32.2.